The molecule has 0 unspecified atom stereocenters. The van der Waals surface area contributed by atoms with Gasteiger partial charge in [-0.05, 0) is 18.2 Å². The summed E-state index contributed by atoms with van der Waals surface area (Å²) in [5, 5.41) is 7.43. The number of aliphatic imine (C=N–C) groups is 1. The lowest BCUT2D eigenvalue weighted by Crippen LogP contribution is -2.52. The second-order valence-corrected chi connectivity index (χ2v) is 7.87. The molecule has 2 heterocycles. The second-order valence-electron chi connectivity index (χ2n) is 7.87. The highest BCUT2D eigenvalue weighted by Crippen LogP contribution is 2.25. The van der Waals surface area contributed by atoms with Gasteiger partial charge >= 0.3 is 0 Å². The van der Waals surface area contributed by atoms with Crippen molar-refractivity contribution in [1.82, 2.24) is 25.3 Å². The summed E-state index contributed by atoms with van der Waals surface area (Å²) in [6.45, 7) is 9.35. The molecule has 0 bridgehead atoms. The molecule has 0 amide bonds. The highest BCUT2D eigenvalue weighted by atomic mass is 16.5. The van der Waals surface area contributed by atoms with Crippen molar-refractivity contribution in [1.29, 1.82) is 0 Å². The Kier molecular flexibility index (Phi) is 8.11. The van der Waals surface area contributed by atoms with Crippen molar-refractivity contribution in [2.45, 2.75) is 32.7 Å². The number of nitrogens with one attached hydrogen (secondary N) is 1. The highest BCUT2D eigenvalue weighted by Gasteiger charge is 2.21. The van der Waals surface area contributed by atoms with Crippen molar-refractivity contribution in [2.75, 3.05) is 54.0 Å². The van der Waals surface area contributed by atoms with E-state index in [2.05, 4.69) is 44.1 Å². The molecule has 9 heteroatoms. The van der Waals surface area contributed by atoms with Gasteiger partial charge in [0.1, 0.15) is 11.5 Å². The third-order valence-electron chi connectivity index (χ3n) is 5.39. The van der Waals surface area contributed by atoms with E-state index in [4.69, 9.17) is 14.0 Å². The SMILES string of the molecule is CN=C(NCCc1nc(C(C)C)no1)N1CCN(Cc2cc(OC)ccc2OC)CC1. The first-order chi connectivity index (χ1) is 15.0. The van der Waals surface area contributed by atoms with Gasteiger partial charge in [0.2, 0.25) is 5.89 Å². The number of benzene rings is 1. The molecule has 1 aromatic heterocycles. The fourth-order valence-electron chi connectivity index (χ4n) is 3.58. The Morgan fingerprint density at radius 3 is 2.58 bits per heavy atom. The maximum Gasteiger partial charge on any atom is 0.228 e. The van der Waals surface area contributed by atoms with Crippen molar-refractivity contribution in [3.63, 3.8) is 0 Å². The summed E-state index contributed by atoms with van der Waals surface area (Å²) < 4.78 is 16.2. The van der Waals surface area contributed by atoms with Crippen LogP contribution in [-0.2, 0) is 13.0 Å². The molecule has 0 radical (unpaired) electrons. The van der Waals surface area contributed by atoms with Gasteiger partial charge in [-0.25, -0.2) is 0 Å². The summed E-state index contributed by atoms with van der Waals surface area (Å²) in [4.78, 5) is 13.6. The van der Waals surface area contributed by atoms with Crippen LogP contribution in [0.2, 0.25) is 0 Å². The minimum atomic E-state index is 0.270. The molecule has 2 aromatic rings. The van der Waals surface area contributed by atoms with Gasteiger partial charge in [-0.3, -0.25) is 9.89 Å². The maximum atomic E-state index is 5.52. The molecule has 0 atom stereocenters. The summed E-state index contributed by atoms with van der Waals surface area (Å²) in [6, 6.07) is 5.94. The molecule has 1 aliphatic heterocycles. The zero-order valence-corrected chi connectivity index (χ0v) is 19.2. The largest absolute Gasteiger partial charge is 0.497 e. The van der Waals surface area contributed by atoms with Crippen LogP contribution >= 0.6 is 0 Å². The van der Waals surface area contributed by atoms with Crippen molar-refractivity contribution < 1.29 is 14.0 Å². The molecular weight excluding hydrogens is 396 g/mol. The van der Waals surface area contributed by atoms with Gasteiger partial charge in [-0.1, -0.05) is 19.0 Å². The zero-order chi connectivity index (χ0) is 22.2. The predicted octanol–water partition coefficient (Wildman–Crippen LogP) is 2.15. The van der Waals surface area contributed by atoms with Gasteiger partial charge in [0, 0.05) is 64.2 Å². The standard InChI is InChI=1S/C22H34N6O3/c1-16(2)21-25-20(31-26-21)8-9-24-22(23-3)28-12-10-27(11-13-28)15-17-14-18(29-4)6-7-19(17)30-5/h6-7,14,16H,8-13,15H2,1-5H3,(H,23,24). The van der Waals surface area contributed by atoms with Gasteiger partial charge in [-0.15, -0.1) is 0 Å². The fraction of sp³-hybridized carbons (Fsp3) is 0.591. The number of rotatable bonds is 8. The Balaban J connectivity index is 1.47. The fourth-order valence-corrected chi connectivity index (χ4v) is 3.58. The predicted molar refractivity (Wildman–Crippen MR) is 120 cm³/mol. The summed E-state index contributed by atoms with van der Waals surface area (Å²) in [6.07, 6.45) is 0.675. The minimum absolute atomic E-state index is 0.270. The van der Waals surface area contributed by atoms with Crippen LogP contribution in [0.25, 0.3) is 0 Å². The average molecular weight is 431 g/mol. The topological polar surface area (TPSA) is 88.2 Å². The molecule has 0 spiro atoms. The zero-order valence-electron chi connectivity index (χ0n) is 19.2. The van der Waals surface area contributed by atoms with Crippen molar-refractivity contribution >= 4 is 5.96 Å². The molecular formula is C22H34N6O3. The number of ether oxygens (including phenoxy) is 2. The Bertz CT molecular complexity index is 859. The van der Waals surface area contributed by atoms with Gasteiger partial charge in [0.25, 0.3) is 0 Å². The summed E-state index contributed by atoms with van der Waals surface area (Å²) in [7, 11) is 5.21. The molecule has 1 fully saturated rings. The number of nitrogens with zero attached hydrogens (tertiary/aromatic N) is 5. The van der Waals surface area contributed by atoms with Crippen molar-refractivity contribution in [3.8, 4) is 11.5 Å². The quantitative estimate of drug-likeness (QED) is 0.503. The lowest BCUT2D eigenvalue weighted by Gasteiger charge is -2.36. The number of hydrogen-bond donors (Lipinski definition) is 1. The second kappa shape index (κ2) is 11.0. The van der Waals surface area contributed by atoms with Crippen molar-refractivity contribution in [3.05, 3.63) is 35.5 Å². The molecule has 0 aliphatic carbocycles. The lowest BCUT2D eigenvalue weighted by atomic mass is 10.1. The van der Waals surface area contributed by atoms with E-state index in [1.807, 2.05) is 25.2 Å². The number of hydrogen-bond acceptors (Lipinski definition) is 7. The van der Waals surface area contributed by atoms with Gasteiger partial charge in [-0.2, -0.15) is 4.98 Å². The molecule has 1 saturated heterocycles. The summed E-state index contributed by atoms with van der Waals surface area (Å²) in [5.41, 5.74) is 1.14. The molecule has 31 heavy (non-hydrogen) atoms. The molecule has 170 valence electrons. The minimum Gasteiger partial charge on any atom is -0.497 e. The van der Waals surface area contributed by atoms with Gasteiger partial charge < -0.3 is 24.2 Å². The Hall–Kier alpha value is -2.81. The van der Waals surface area contributed by atoms with Crippen LogP contribution in [0.15, 0.2) is 27.7 Å². The van der Waals surface area contributed by atoms with E-state index < -0.39 is 0 Å². The number of guanidine groups is 1. The normalized spacial score (nSPS) is 15.4. The average Bonchev–Trinajstić information content (AvgIpc) is 3.27. The Labute approximate surface area is 184 Å². The van der Waals surface area contributed by atoms with Crippen LogP contribution in [0.1, 0.15) is 37.0 Å². The third kappa shape index (κ3) is 6.10. The van der Waals surface area contributed by atoms with Crippen LogP contribution < -0.4 is 14.8 Å². The summed E-state index contributed by atoms with van der Waals surface area (Å²) in [5.74, 6) is 4.32. The number of aromatic nitrogens is 2. The Morgan fingerprint density at radius 2 is 1.97 bits per heavy atom. The van der Waals surface area contributed by atoms with Crippen LogP contribution in [0, 0.1) is 0 Å². The molecule has 1 N–H and O–H groups in total. The first kappa shape index (κ1) is 22.9. The van der Waals surface area contributed by atoms with Crippen LogP contribution in [0.5, 0.6) is 11.5 Å². The molecule has 0 saturated carbocycles. The van der Waals surface area contributed by atoms with E-state index in [-0.39, 0.29) is 5.92 Å². The molecule has 1 aromatic carbocycles. The third-order valence-corrected chi connectivity index (χ3v) is 5.39. The van der Waals surface area contributed by atoms with Crippen LogP contribution in [0.4, 0.5) is 0 Å². The monoisotopic (exact) mass is 430 g/mol. The van der Waals surface area contributed by atoms with Gasteiger partial charge in [0.15, 0.2) is 11.8 Å². The van der Waals surface area contributed by atoms with E-state index in [1.54, 1.807) is 14.2 Å². The van der Waals surface area contributed by atoms with Crippen LogP contribution in [0.3, 0.4) is 0 Å². The highest BCUT2D eigenvalue weighted by molar-refractivity contribution is 5.80. The van der Waals surface area contributed by atoms with Crippen LogP contribution in [-0.4, -0.2) is 79.9 Å². The molecule has 1 aliphatic rings. The first-order valence-electron chi connectivity index (χ1n) is 10.7. The number of methoxy groups -OCH3 is 2. The van der Waals surface area contributed by atoms with Crippen molar-refractivity contribution in [2.24, 2.45) is 4.99 Å². The van der Waals surface area contributed by atoms with E-state index in [9.17, 15) is 0 Å². The van der Waals surface area contributed by atoms with Gasteiger partial charge in [0.05, 0.1) is 14.2 Å². The Morgan fingerprint density at radius 1 is 1.19 bits per heavy atom. The van der Waals surface area contributed by atoms with E-state index in [0.29, 0.717) is 18.9 Å². The van der Waals surface area contributed by atoms with E-state index in [1.165, 1.54) is 0 Å². The lowest BCUT2D eigenvalue weighted by molar-refractivity contribution is 0.171. The van der Waals surface area contributed by atoms with E-state index in [0.717, 1.165) is 61.6 Å². The molecule has 3 rings (SSSR count). The first-order valence-corrected chi connectivity index (χ1v) is 10.7. The molecule has 9 nitrogen and oxygen atoms in total. The number of piperazine rings is 1. The summed E-state index contributed by atoms with van der Waals surface area (Å²) >= 11 is 0. The smallest absolute Gasteiger partial charge is 0.228 e. The van der Waals surface area contributed by atoms with E-state index >= 15 is 0 Å². The maximum absolute atomic E-state index is 5.52.